The SMILES string of the molecule is O=C1CC(S(=O)(=O)Cl)CN1c1c(F)cc(I)cc1F. The quantitative estimate of drug-likeness (QED) is 0.544. The van der Waals surface area contributed by atoms with Gasteiger partial charge in [0, 0.05) is 27.2 Å². The molecule has 19 heavy (non-hydrogen) atoms. The van der Waals surface area contributed by atoms with Gasteiger partial charge in [-0.3, -0.25) is 4.79 Å². The zero-order chi connectivity index (χ0) is 14.4. The number of halogens is 4. The first-order chi connectivity index (χ1) is 8.70. The van der Waals surface area contributed by atoms with Crippen LogP contribution in [0.15, 0.2) is 12.1 Å². The zero-order valence-electron chi connectivity index (χ0n) is 9.24. The van der Waals surface area contributed by atoms with Crippen molar-refractivity contribution < 1.29 is 22.0 Å². The molecule has 1 unspecified atom stereocenters. The second-order valence-corrected chi connectivity index (χ2v) is 8.18. The van der Waals surface area contributed by atoms with Crippen LogP contribution in [0.2, 0.25) is 0 Å². The van der Waals surface area contributed by atoms with Crippen molar-refractivity contribution in [1.82, 2.24) is 0 Å². The molecular formula is C10H7ClF2INO3S. The Morgan fingerprint density at radius 1 is 1.32 bits per heavy atom. The highest BCUT2D eigenvalue weighted by molar-refractivity contribution is 14.1. The van der Waals surface area contributed by atoms with Gasteiger partial charge in [-0.15, -0.1) is 0 Å². The Morgan fingerprint density at radius 2 is 1.84 bits per heavy atom. The summed E-state index contributed by atoms with van der Waals surface area (Å²) in [4.78, 5) is 12.5. The third-order valence-corrected chi connectivity index (χ3v) is 5.23. The smallest absolute Gasteiger partial charge is 0.237 e. The highest BCUT2D eigenvalue weighted by Crippen LogP contribution is 2.31. The maximum Gasteiger partial charge on any atom is 0.237 e. The van der Waals surface area contributed by atoms with E-state index in [1.807, 2.05) is 0 Å². The average Bonchev–Trinajstić information content (AvgIpc) is 2.59. The number of rotatable bonds is 2. The van der Waals surface area contributed by atoms with Crippen molar-refractivity contribution in [2.45, 2.75) is 11.7 Å². The molecule has 2 rings (SSSR count). The predicted octanol–water partition coefficient (Wildman–Crippen LogP) is 2.24. The standard InChI is InChI=1S/C10H7ClF2INO3S/c11-19(17,18)6-3-9(16)15(4-6)10-7(12)1-5(14)2-8(10)13/h1-2,6H,3-4H2. The number of hydrogen-bond acceptors (Lipinski definition) is 3. The van der Waals surface area contributed by atoms with Crippen LogP contribution < -0.4 is 4.90 Å². The third-order valence-electron chi connectivity index (χ3n) is 2.74. The molecule has 9 heteroatoms. The van der Waals surface area contributed by atoms with Crippen LogP contribution in [0.4, 0.5) is 14.5 Å². The average molecular weight is 422 g/mol. The van der Waals surface area contributed by atoms with Gasteiger partial charge >= 0.3 is 0 Å². The van der Waals surface area contributed by atoms with Gasteiger partial charge in [0.15, 0.2) is 11.6 Å². The summed E-state index contributed by atoms with van der Waals surface area (Å²) in [6.45, 7) is -0.348. The molecule has 1 aliphatic rings. The van der Waals surface area contributed by atoms with E-state index in [1.165, 1.54) is 0 Å². The summed E-state index contributed by atoms with van der Waals surface area (Å²) in [5.41, 5.74) is -0.534. The van der Waals surface area contributed by atoms with E-state index in [0.29, 0.717) is 3.57 Å². The lowest BCUT2D eigenvalue weighted by Crippen LogP contribution is -2.28. The van der Waals surface area contributed by atoms with Crippen LogP contribution in [-0.2, 0) is 13.8 Å². The maximum atomic E-state index is 13.7. The molecule has 0 saturated carbocycles. The first kappa shape index (κ1) is 14.9. The van der Waals surface area contributed by atoms with Crippen LogP contribution in [0.3, 0.4) is 0 Å². The van der Waals surface area contributed by atoms with Gasteiger partial charge in [0.05, 0.1) is 0 Å². The molecule has 0 N–H and O–H groups in total. The Labute approximate surface area is 126 Å². The zero-order valence-corrected chi connectivity index (χ0v) is 13.0. The van der Waals surface area contributed by atoms with Gasteiger partial charge in [-0.05, 0) is 34.7 Å². The first-order valence-electron chi connectivity index (χ1n) is 5.08. The van der Waals surface area contributed by atoms with E-state index in [0.717, 1.165) is 17.0 Å². The summed E-state index contributed by atoms with van der Waals surface area (Å²) in [6, 6.07) is 2.13. The summed E-state index contributed by atoms with van der Waals surface area (Å²) in [7, 11) is 1.22. The lowest BCUT2D eigenvalue weighted by Gasteiger charge is -2.18. The summed E-state index contributed by atoms with van der Waals surface area (Å²) >= 11 is 1.73. The van der Waals surface area contributed by atoms with Crippen LogP contribution in [0.5, 0.6) is 0 Å². The molecule has 1 aromatic carbocycles. The molecular weight excluding hydrogens is 415 g/mol. The Hall–Kier alpha value is -0.480. The van der Waals surface area contributed by atoms with E-state index in [9.17, 15) is 22.0 Å². The molecule has 1 amide bonds. The number of hydrogen-bond donors (Lipinski definition) is 0. The molecule has 0 spiro atoms. The largest absolute Gasteiger partial charge is 0.306 e. The topological polar surface area (TPSA) is 54.5 Å². The summed E-state index contributed by atoms with van der Waals surface area (Å²) < 4.78 is 50.2. The Morgan fingerprint density at radius 3 is 2.26 bits per heavy atom. The van der Waals surface area contributed by atoms with Crippen molar-refractivity contribution >= 4 is 53.9 Å². The van der Waals surface area contributed by atoms with Gasteiger partial charge in [-0.25, -0.2) is 17.2 Å². The highest BCUT2D eigenvalue weighted by Gasteiger charge is 2.39. The van der Waals surface area contributed by atoms with Crippen LogP contribution >= 0.6 is 33.3 Å². The normalized spacial score (nSPS) is 20.1. The summed E-state index contributed by atoms with van der Waals surface area (Å²) in [6.07, 6.45) is -0.378. The van der Waals surface area contributed by atoms with Gasteiger partial charge in [0.1, 0.15) is 10.9 Å². The second kappa shape index (κ2) is 5.13. The van der Waals surface area contributed by atoms with Crippen LogP contribution in [-0.4, -0.2) is 26.1 Å². The van der Waals surface area contributed by atoms with Crippen molar-refractivity contribution in [1.29, 1.82) is 0 Å². The van der Waals surface area contributed by atoms with Crippen molar-refractivity contribution in [3.05, 3.63) is 27.3 Å². The van der Waals surface area contributed by atoms with Crippen LogP contribution in [0.1, 0.15) is 6.42 Å². The summed E-state index contributed by atoms with van der Waals surface area (Å²) in [5, 5.41) is -1.15. The van der Waals surface area contributed by atoms with Crippen LogP contribution in [0, 0.1) is 15.2 Å². The van der Waals surface area contributed by atoms with Gasteiger partial charge in [0.25, 0.3) is 0 Å². The highest BCUT2D eigenvalue weighted by atomic mass is 127. The van der Waals surface area contributed by atoms with Crippen molar-refractivity contribution in [3.63, 3.8) is 0 Å². The molecule has 0 aliphatic carbocycles. The summed E-state index contributed by atoms with van der Waals surface area (Å²) in [5.74, 6) is -2.50. The molecule has 1 aromatic rings. The fourth-order valence-corrected chi connectivity index (χ4v) is 3.45. The van der Waals surface area contributed by atoms with Crippen LogP contribution in [0.25, 0.3) is 0 Å². The minimum atomic E-state index is -3.95. The third kappa shape index (κ3) is 3.00. The predicted molar refractivity (Wildman–Crippen MR) is 74.6 cm³/mol. The molecule has 1 fully saturated rings. The van der Waals surface area contributed by atoms with E-state index in [4.69, 9.17) is 10.7 Å². The fourth-order valence-electron chi connectivity index (χ4n) is 1.87. The van der Waals surface area contributed by atoms with E-state index >= 15 is 0 Å². The monoisotopic (exact) mass is 421 g/mol. The minimum Gasteiger partial charge on any atom is -0.306 e. The second-order valence-electron chi connectivity index (χ2n) is 4.02. The molecule has 104 valence electrons. The minimum absolute atomic E-state index is 0.338. The molecule has 1 saturated heterocycles. The van der Waals surface area contributed by atoms with Crippen molar-refractivity contribution in [2.75, 3.05) is 11.4 Å². The lowest BCUT2D eigenvalue weighted by molar-refractivity contribution is -0.117. The molecule has 0 bridgehead atoms. The molecule has 1 aliphatic heterocycles. The number of amides is 1. The van der Waals surface area contributed by atoms with Crippen molar-refractivity contribution in [2.24, 2.45) is 0 Å². The van der Waals surface area contributed by atoms with Gasteiger partial charge in [-0.1, -0.05) is 0 Å². The number of nitrogens with zero attached hydrogens (tertiary/aromatic N) is 1. The lowest BCUT2D eigenvalue weighted by atomic mass is 10.2. The molecule has 4 nitrogen and oxygen atoms in total. The number of benzene rings is 1. The maximum absolute atomic E-state index is 13.7. The molecule has 0 aromatic heterocycles. The van der Waals surface area contributed by atoms with E-state index in [-0.39, 0.29) is 13.0 Å². The van der Waals surface area contributed by atoms with Gasteiger partial charge in [0.2, 0.25) is 15.0 Å². The van der Waals surface area contributed by atoms with Crippen molar-refractivity contribution in [3.8, 4) is 0 Å². The molecule has 1 atom stereocenters. The Kier molecular flexibility index (Phi) is 4.03. The van der Waals surface area contributed by atoms with E-state index in [2.05, 4.69) is 0 Å². The fraction of sp³-hybridized carbons (Fsp3) is 0.300. The van der Waals surface area contributed by atoms with Gasteiger partial charge in [-0.2, -0.15) is 0 Å². The number of carbonyl (C=O) groups is 1. The van der Waals surface area contributed by atoms with Gasteiger partial charge < -0.3 is 4.90 Å². The van der Waals surface area contributed by atoms with E-state index < -0.39 is 37.5 Å². The Bertz CT molecular complexity index is 629. The molecule has 0 radical (unpaired) electrons. The first-order valence-corrected chi connectivity index (χ1v) is 8.53. The Balaban J connectivity index is 2.42. The van der Waals surface area contributed by atoms with E-state index in [1.54, 1.807) is 22.6 Å². The molecule has 1 heterocycles. The number of anilines is 1. The number of carbonyl (C=O) groups excluding carboxylic acids is 1.